The highest BCUT2D eigenvalue weighted by Gasteiger charge is 2.22. The maximum Gasteiger partial charge on any atom is 0.321 e. The summed E-state index contributed by atoms with van der Waals surface area (Å²) in [4.78, 5) is 16.8. The first-order valence-electron chi connectivity index (χ1n) is 12.5. The van der Waals surface area contributed by atoms with E-state index in [1.807, 2.05) is 71.6 Å². The van der Waals surface area contributed by atoms with Crippen molar-refractivity contribution in [1.29, 1.82) is 0 Å². The van der Waals surface area contributed by atoms with Crippen LogP contribution in [-0.4, -0.2) is 47.3 Å². The molecule has 0 unspecified atom stereocenters. The molecule has 5 rings (SSSR count). The number of carbonyl (C=O) groups excluding carboxylic acids is 1. The van der Waals surface area contributed by atoms with Crippen molar-refractivity contribution in [3.8, 4) is 22.8 Å². The molecule has 0 radical (unpaired) electrons. The van der Waals surface area contributed by atoms with E-state index in [4.69, 9.17) is 4.74 Å². The molecule has 188 valence electrons. The first-order chi connectivity index (χ1) is 18.0. The number of hydrogen-bond acceptors (Lipinski definition) is 5. The molecule has 0 bridgehead atoms. The van der Waals surface area contributed by atoms with Crippen LogP contribution < -0.4 is 15.0 Å². The van der Waals surface area contributed by atoms with Crippen LogP contribution in [0.4, 0.5) is 16.3 Å². The second-order valence-electron chi connectivity index (χ2n) is 9.37. The fourth-order valence-electron chi connectivity index (χ4n) is 4.45. The molecule has 1 aliphatic heterocycles. The lowest BCUT2D eigenvalue weighted by molar-refractivity contribution is 0.208. The minimum absolute atomic E-state index is 0.108. The molecule has 2 amide bonds. The summed E-state index contributed by atoms with van der Waals surface area (Å²) in [6.45, 7) is 8.97. The monoisotopic (exact) mass is 493 g/mol. The minimum Gasteiger partial charge on any atom is -0.457 e. The molecule has 3 aromatic carbocycles. The molecule has 7 nitrogen and oxygen atoms in total. The second kappa shape index (κ2) is 10.7. The Kier molecular flexibility index (Phi) is 7.03. The molecular formula is C30H31N5O2. The smallest absolute Gasteiger partial charge is 0.321 e. The van der Waals surface area contributed by atoms with E-state index < -0.39 is 0 Å². The van der Waals surface area contributed by atoms with E-state index in [0.29, 0.717) is 26.2 Å². The molecule has 37 heavy (non-hydrogen) atoms. The molecule has 0 saturated carbocycles. The number of anilines is 2. The third kappa shape index (κ3) is 5.72. The average Bonchev–Trinajstić information content (AvgIpc) is 2.93. The molecular weight excluding hydrogens is 462 g/mol. The molecule has 2 heterocycles. The van der Waals surface area contributed by atoms with Crippen molar-refractivity contribution in [3.05, 3.63) is 95.6 Å². The normalized spacial score (nSPS) is 13.4. The van der Waals surface area contributed by atoms with Gasteiger partial charge in [0.2, 0.25) is 0 Å². The van der Waals surface area contributed by atoms with Crippen LogP contribution in [0.3, 0.4) is 0 Å². The van der Waals surface area contributed by atoms with E-state index in [0.717, 1.165) is 34.3 Å². The van der Waals surface area contributed by atoms with Crippen molar-refractivity contribution in [1.82, 2.24) is 15.1 Å². The Morgan fingerprint density at radius 1 is 0.757 bits per heavy atom. The Morgan fingerprint density at radius 3 is 2.11 bits per heavy atom. The molecule has 1 N–H and O–H groups in total. The lowest BCUT2D eigenvalue weighted by Gasteiger charge is -2.35. The standard InChI is InChI=1S/C30H31N5O2/c1-21-19-23(3)27(20-22(21)2)28-13-14-29(33-32-28)34-15-17-35(18-16-34)30(36)31-24-9-11-26(12-10-24)37-25-7-5-4-6-8-25/h4-14,19-20H,15-18H2,1-3H3,(H,31,36). The van der Waals surface area contributed by atoms with Crippen molar-refractivity contribution in [2.75, 3.05) is 36.4 Å². The summed E-state index contributed by atoms with van der Waals surface area (Å²) in [5.41, 5.74) is 6.45. The number of hydrogen-bond donors (Lipinski definition) is 1. The van der Waals surface area contributed by atoms with Gasteiger partial charge in [-0.2, -0.15) is 0 Å². The summed E-state index contributed by atoms with van der Waals surface area (Å²) in [7, 11) is 0. The Bertz CT molecular complexity index is 1360. The molecule has 0 aliphatic carbocycles. The summed E-state index contributed by atoms with van der Waals surface area (Å²) >= 11 is 0. The van der Waals surface area contributed by atoms with Gasteiger partial charge in [0.05, 0.1) is 5.69 Å². The largest absolute Gasteiger partial charge is 0.457 e. The van der Waals surface area contributed by atoms with Gasteiger partial charge in [0.1, 0.15) is 11.5 Å². The number of aromatic nitrogens is 2. The van der Waals surface area contributed by atoms with Gasteiger partial charge < -0.3 is 19.9 Å². The number of urea groups is 1. The number of nitrogens with zero attached hydrogens (tertiary/aromatic N) is 4. The summed E-state index contributed by atoms with van der Waals surface area (Å²) < 4.78 is 5.82. The number of benzene rings is 3. The lowest BCUT2D eigenvalue weighted by Crippen LogP contribution is -2.50. The van der Waals surface area contributed by atoms with Gasteiger partial charge in [0.25, 0.3) is 0 Å². The lowest BCUT2D eigenvalue weighted by atomic mass is 9.99. The number of ether oxygens (including phenoxy) is 1. The van der Waals surface area contributed by atoms with E-state index in [2.05, 4.69) is 53.3 Å². The molecule has 7 heteroatoms. The summed E-state index contributed by atoms with van der Waals surface area (Å²) in [6.07, 6.45) is 0. The van der Waals surface area contributed by atoms with Crippen LogP contribution >= 0.6 is 0 Å². The van der Waals surface area contributed by atoms with E-state index in [9.17, 15) is 4.79 Å². The van der Waals surface area contributed by atoms with E-state index in [-0.39, 0.29) is 6.03 Å². The predicted octanol–water partition coefficient (Wildman–Crippen LogP) is 6.22. The first-order valence-corrected chi connectivity index (χ1v) is 12.5. The highest BCUT2D eigenvalue weighted by atomic mass is 16.5. The van der Waals surface area contributed by atoms with E-state index in [1.165, 1.54) is 16.7 Å². The van der Waals surface area contributed by atoms with Crippen molar-refractivity contribution in [2.45, 2.75) is 20.8 Å². The van der Waals surface area contributed by atoms with Gasteiger partial charge in [-0.05, 0) is 92.1 Å². The van der Waals surface area contributed by atoms with Crippen LogP contribution in [0, 0.1) is 20.8 Å². The Labute approximate surface area is 217 Å². The first kappa shape index (κ1) is 24.3. The highest BCUT2D eigenvalue weighted by Crippen LogP contribution is 2.26. The fraction of sp³-hybridized carbons (Fsp3) is 0.233. The Morgan fingerprint density at radius 2 is 1.43 bits per heavy atom. The summed E-state index contributed by atoms with van der Waals surface area (Å²) in [5.74, 6) is 2.33. The van der Waals surface area contributed by atoms with Crippen LogP contribution in [0.25, 0.3) is 11.3 Å². The molecule has 1 saturated heterocycles. The molecule has 1 fully saturated rings. The van der Waals surface area contributed by atoms with Crippen LogP contribution in [0.1, 0.15) is 16.7 Å². The van der Waals surface area contributed by atoms with Crippen molar-refractivity contribution < 1.29 is 9.53 Å². The number of aryl methyl sites for hydroxylation is 3. The Hall–Kier alpha value is -4.39. The topological polar surface area (TPSA) is 70.6 Å². The fourth-order valence-corrected chi connectivity index (χ4v) is 4.45. The van der Waals surface area contributed by atoms with Crippen molar-refractivity contribution in [3.63, 3.8) is 0 Å². The number of rotatable bonds is 5. The van der Waals surface area contributed by atoms with Crippen LogP contribution in [0.2, 0.25) is 0 Å². The van der Waals surface area contributed by atoms with Gasteiger partial charge in [-0.1, -0.05) is 24.3 Å². The van der Waals surface area contributed by atoms with Gasteiger partial charge in [-0.25, -0.2) is 4.79 Å². The van der Waals surface area contributed by atoms with Gasteiger partial charge in [0, 0.05) is 37.4 Å². The van der Waals surface area contributed by atoms with E-state index >= 15 is 0 Å². The number of piperazine rings is 1. The van der Waals surface area contributed by atoms with Crippen molar-refractivity contribution in [2.24, 2.45) is 0 Å². The number of carbonyl (C=O) groups is 1. The summed E-state index contributed by atoms with van der Waals surface area (Å²) in [6, 6.07) is 25.3. The zero-order valence-electron chi connectivity index (χ0n) is 21.4. The molecule has 1 aromatic heterocycles. The maximum absolute atomic E-state index is 12.8. The van der Waals surface area contributed by atoms with E-state index in [1.54, 1.807) is 0 Å². The SMILES string of the molecule is Cc1cc(C)c(-c2ccc(N3CCN(C(=O)Nc4ccc(Oc5ccccc5)cc4)CC3)nn2)cc1C. The molecule has 0 atom stereocenters. The quantitative estimate of drug-likeness (QED) is 0.358. The Balaban J connectivity index is 1.14. The second-order valence-corrected chi connectivity index (χ2v) is 9.37. The predicted molar refractivity (Wildman–Crippen MR) is 147 cm³/mol. The van der Waals surface area contributed by atoms with Crippen molar-refractivity contribution >= 4 is 17.5 Å². The third-order valence-electron chi connectivity index (χ3n) is 6.74. The molecule has 4 aromatic rings. The maximum atomic E-state index is 12.8. The summed E-state index contributed by atoms with van der Waals surface area (Å²) in [5, 5.41) is 12.0. The average molecular weight is 494 g/mol. The molecule has 1 aliphatic rings. The number of amides is 2. The van der Waals surface area contributed by atoms with Gasteiger partial charge in [-0.15, -0.1) is 10.2 Å². The van der Waals surface area contributed by atoms with Crippen LogP contribution in [0.15, 0.2) is 78.9 Å². The zero-order chi connectivity index (χ0) is 25.8. The number of para-hydroxylation sites is 1. The van der Waals surface area contributed by atoms with Crippen LogP contribution in [-0.2, 0) is 0 Å². The zero-order valence-corrected chi connectivity index (χ0v) is 21.4. The highest BCUT2D eigenvalue weighted by molar-refractivity contribution is 5.89. The minimum atomic E-state index is -0.108. The van der Waals surface area contributed by atoms with Gasteiger partial charge >= 0.3 is 6.03 Å². The van der Waals surface area contributed by atoms with Gasteiger partial charge in [0.15, 0.2) is 5.82 Å². The third-order valence-corrected chi connectivity index (χ3v) is 6.74. The van der Waals surface area contributed by atoms with Gasteiger partial charge in [-0.3, -0.25) is 0 Å². The van der Waals surface area contributed by atoms with Crippen LogP contribution in [0.5, 0.6) is 11.5 Å². The number of nitrogens with one attached hydrogen (secondary N) is 1. The molecule has 0 spiro atoms.